The molecule has 5 nitrogen and oxygen atoms in total. The predicted octanol–water partition coefficient (Wildman–Crippen LogP) is 1.26. The van der Waals surface area contributed by atoms with Crippen LogP contribution < -0.4 is 14.8 Å². The van der Waals surface area contributed by atoms with E-state index in [9.17, 15) is 5.11 Å². The maximum absolute atomic E-state index is 10.3. The lowest BCUT2D eigenvalue weighted by atomic mass is 10.0. The predicted molar refractivity (Wildman–Crippen MR) is 74.2 cm³/mol. The Bertz CT molecular complexity index is 471. The SMILES string of the molecule is CC1(NCC(O)c2ccc3c(c2)OCCO3)CCOC1. The van der Waals surface area contributed by atoms with Gasteiger partial charge in [-0.05, 0) is 31.0 Å². The Hall–Kier alpha value is -1.30. The van der Waals surface area contributed by atoms with Crippen molar-refractivity contribution < 1.29 is 19.3 Å². The first kappa shape index (κ1) is 13.7. The third kappa shape index (κ3) is 2.90. The van der Waals surface area contributed by atoms with Crippen molar-refractivity contribution in [3.05, 3.63) is 23.8 Å². The molecule has 110 valence electrons. The smallest absolute Gasteiger partial charge is 0.161 e. The van der Waals surface area contributed by atoms with E-state index in [1.165, 1.54) is 0 Å². The van der Waals surface area contributed by atoms with E-state index < -0.39 is 6.10 Å². The summed E-state index contributed by atoms with van der Waals surface area (Å²) in [6.07, 6.45) is 0.407. The minimum Gasteiger partial charge on any atom is -0.486 e. The Labute approximate surface area is 118 Å². The summed E-state index contributed by atoms with van der Waals surface area (Å²) in [6, 6.07) is 5.59. The molecular weight excluding hydrogens is 258 g/mol. The van der Waals surface area contributed by atoms with Crippen LogP contribution in [-0.4, -0.2) is 43.6 Å². The lowest BCUT2D eigenvalue weighted by molar-refractivity contribution is 0.140. The van der Waals surface area contributed by atoms with Gasteiger partial charge in [0.05, 0.1) is 12.7 Å². The van der Waals surface area contributed by atoms with Gasteiger partial charge in [0.1, 0.15) is 13.2 Å². The number of ether oxygens (including phenoxy) is 3. The Morgan fingerprint density at radius 2 is 2.05 bits per heavy atom. The largest absolute Gasteiger partial charge is 0.486 e. The molecule has 0 bridgehead atoms. The van der Waals surface area contributed by atoms with Gasteiger partial charge in [0.15, 0.2) is 11.5 Å². The van der Waals surface area contributed by atoms with Crippen LogP contribution in [0.25, 0.3) is 0 Å². The highest BCUT2D eigenvalue weighted by molar-refractivity contribution is 5.44. The third-order valence-corrected chi connectivity index (χ3v) is 3.89. The highest BCUT2D eigenvalue weighted by atomic mass is 16.6. The Balaban J connectivity index is 1.63. The molecule has 2 unspecified atom stereocenters. The van der Waals surface area contributed by atoms with Gasteiger partial charge in [0, 0.05) is 18.7 Å². The molecule has 2 heterocycles. The monoisotopic (exact) mass is 279 g/mol. The summed E-state index contributed by atoms with van der Waals surface area (Å²) in [5.74, 6) is 1.46. The molecule has 2 aliphatic rings. The van der Waals surface area contributed by atoms with Gasteiger partial charge in [0.25, 0.3) is 0 Å². The zero-order chi connectivity index (χ0) is 14.0. The molecule has 1 saturated heterocycles. The topological polar surface area (TPSA) is 60.0 Å². The number of aliphatic hydroxyl groups excluding tert-OH is 1. The first-order valence-electron chi connectivity index (χ1n) is 7.07. The van der Waals surface area contributed by atoms with Crippen molar-refractivity contribution in [1.29, 1.82) is 0 Å². The van der Waals surface area contributed by atoms with E-state index in [2.05, 4.69) is 12.2 Å². The summed E-state index contributed by atoms with van der Waals surface area (Å²) in [6.45, 7) is 5.23. The number of benzene rings is 1. The molecule has 0 radical (unpaired) electrons. The Morgan fingerprint density at radius 3 is 2.80 bits per heavy atom. The van der Waals surface area contributed by atoms with Gasteiger partial charge in [-0.15, -0.1) is 0 Å². The fourth-order valence-electron chi connectivity index (χ4n) is 2.53. The molecule has 1 fully saturated rings. The highest BCUT2D eigenvalue weighted by Gasteiger charge is 2.29. The number of nitrogens with one attached hydrogen (secondary N) is 1. The molecule has 3 rings (SSSR count). The zero-order valence-electron chi connectivity index (χ0n) is 11.7. The lowest BCUT2D eigenvalue weighted by Gasteiger charge is -2.26. The number of hydrogen-bond donors (Lipinski definition) is 2. The Morgan fingerprint density at radius 1 is 1.25 bits per heavy atom. The molecule has 0 saturated carbocycles. The van der Waals surface area contributed by atoms with E-state index in [1.54, 1.807) is 0 Å². The number of β-amino-alcohol motifs (C(OH)–C–C–N with tert-alkyl or cyclic N) is 1. The second-order valence-corrected chi connectivity index (χ2v) is 5.66. The van der Waals surface area contributed by atoms with Crippen LogP contribution in [-0.2, 0) is 4.74 Å². The van der Waals surface area contributed by atoms with Gasteiger partial charge in [-0.1, -0.05) is 6.07 Å². The van der Waals surface area contributed by atoms with Crippen LogP contribution in [0.3, 0.4) is 0 Å². The minimum atomic E-state index is -0.566. The van der Waals surface area contributed by atoms with E-state index >= 15 is 0 Å². The molecule has 2 aliphatic heterocycles. The van der Waals surface area contributed by atoms with Crippen LogP contribution in [0.4, 0.5) is 0 Å². The summed E-state index contributed by atoms with van der Waals surface area (Å²) >= 11 is 0. The maximum atomic E-state index is 10.3. The van der Waals surface area contributed by atoms with Crippen molar-refractivity contribution in [3.63, 3.8) is 0 Å². The molecule has 0 aliphatic carbocycles. The summed E-state index contributed by atoms with van der Waals surface area (Å²) in [5.41, 5.74) is 0.804. The summed E-state index contributed by atoms with van der Waals surface area (Å²) < 4.78 is 16.4. The average molecular weight is 279 g/mol. The van der Waals surface area contributed by atoms with Crippen LogP contribution >= 0.6 is 0 Å². The van der Waals surface area contributed by atoms with Crippen molar-refractivity contribution in [2.75, 3.05) is 33.0 Å². The van der Waals surface area contributed by atoms with E-state index in [-0.39, 0.29) is 5.54 Å². The Kier molecular flexibility index (Phi) is 3.83. The van der Waals surface area contributed by atoms with Gasteiger partial charge in [-0.25, -0.2) is 0 Å². The lowest BCUT2D eigenvalue weighted by Crippen LogP contribution is -2.44. The minimum absolute atomic E-state index is 0.0329. The molecule has 5 heteroatoms. The van der Waals surface area contributed by atoms with Gasteiger partial charge < -0.3 is 24.6 Å². The van der Waals surface area contributed by atoms with Gasteiger partial charge in [-0.2, -0.15) is 0 Å². The maximum Gasteiger partial charge on any atom is 0.161 e. The molecule has 1 aromatic carbocycles. The van der Waals surface area contributed by atoms with E-state index in [0.717, 1.165) is 24.3 Å². The van der Waals surface area contributed by atoms with Crippen LogP contribution in [0.15, 0.2) is 18.2 Å². The van der Waals surface area contributed by atoms with Crippen molar-refractivity contribution >= 4 is 0 Å². The second kappa shape index (κ2) is 5.60. The third-order valence-electron chi connectivity index (χ3n) is 3.89. The van der Waals surface area contributed by atoms with Crippen LogP contribution in [0, 0.1) is 0 Å². The number of rotatable bonds is 4. The first-order valence-corrected chi connectivity index (χ1v) is 7.07. The molecule has 0 aromatic heterocycles. The fourth-order valence-corrected chi connectivity index (χ4v) is 2.53. The first-order chi connectivity index (χ1) is 9.66. The van der Waals surface area contributed by atoms with Crippen molar-refractivity contribution in [2.24, 2.45) is 0 Å². The van der Waals surface area contributed by atoms with Crippen LogP contribution in [0.5, 0.6) is 11.5 Å². The van der Waals surface area contributed by atoms with Crippen molar-refractivity contribution in [2.45, 2.75) is 25.0 Å². The van der Waals surface area contributed by atoms with Gasteiger partial charge >= 0.3 is 0 Å². The zero-order valence-corrected chi connectivity index (χ0v) is 11.7. The molecule has 1 aromatic rings. The quantitative estimate of drug-likeness (QED) is 0.869. The summed E-state index contributed by atoms with van der Waals surface area (Å²) in [7, 11) is 0. The fraction of sp³-hybridized carbons (Fsp3) is 0.600. The van der Waals surface area contributed by atoms with Gasteiger partial charge in [-0.3, -0.25) is 0 Å². The molecule has 2 N–H and O–H groups in total. The summed E-state index contributed by atoms with van der Waals surface area (Å²) in [4.78, 5) is 0. The highest BCUT2D eigenvalue weighted by Crippen LogP contribution is 2.32. The van der Waals surface area contributed by atoms with Crippen LogP contribution in [0.2, 0.25) is 0 Å². The molecule has 20 heavy (non-hydrogen) atoms. The standard InChI is InChI=1S/C15H21NO4/c1-15(4-5-18-10-15)16-9-12(17)11-2-3-13-14(8-11)20-7-6-19-13/h2-3,8,12,16-17H,4-7,9-10H2,1H3. The van der Waals surface area contributed by atoms with Crippen molar-refractivity contribution in [1.82, 2.24) is 5.32 Å². The van der Waals surface area contributed by atoms with E-state index in [0.29, 0.717) is 32.1 Å². The van der Waals surface area contributed by atoms with E-state index in [1.807, 2.05) is 18.2 Å². The van der Waals surface area contributed by atoms with Gasteiger partial charge in [0.2, 0.25) is 0 Å². The molecule has 0 amide bonds. The molecule has 0 spiro atoms. The number of fused-ring (bicyclic) bond motifs is 1. The normalized spacial score (nSPS) is 26.5. The number of hydrogen-bond acceptors (Lipinski definition) is 5. The molecular formula is C15H21NO4. The second-order valence-electron chi connectivity index (χ2n) is 5.66. The van der Waals surface area contributed by atoms with E-state index in [4.69, 9.17) is 14.2 Å². The van der Waals surface area contributed by atoms with Crippen molar-refractivity contribution in [3.8, 4) is 11.5 Å². The van der Waals surface area contributed by atoms with Crippen LogP contribution in [0.1, 0.15) is 25.0 Å². The molecule has 2 atom stereocenters. The summed E-state index contributed by atoms with van der Waals surface area (Å²) in [5, 5.41) is 13.7. The number of aliphatic hydroxyl groups is 1. The average Bonchev–Trinajstić information content (AvgIpc) is 2.91.